The molecule has 3 aromatic heterocycles. The summed E-state index contributed by atoms with van der Waals surface area (Å²) in [7, 11) is 31.5. The zero-order valence-electron chi connectivity index (χ0n) is 29.4. The Morgan fingerprint density at radius 2 is 0.982 bits per heavy atom. The Hall–Kier alpha value is -6.53. The summed E-state index contributed by atoms with van der Waals surface area (Å²) >= 11 is 0. The highest BCUT2D eigenvalue weighted by Gasteiger charge is 2.20. The van der Waals surface area contributed by atoms with Crippen LogP contribution in [0.3, 0.4) is 0 Å². The lowest BCUT2D eigenvalue weighted by Crippen LogP contribution is -2.55. The Bertz CT molecular complexity index is 3130. The highest BCUT2D eigenvalue weighted by molar-refractivity contribution is 6.68. The fraction of sp³-hybridized carbons (Fsp3) is 0. The summed E-state index contributed by atoms with van der Waals surface area (Å²) in [4.78, 5) is 14.5. The Kier molecular flexibility index (Phi) is 7.70. The molecule has 5 nitrogen and oxygen atoms in total. The average molecular weight is 690 g/mol. The molecular weight excluding hydrogens is 667 g/mol. The topological polar surface area (TPSA) is 56.7 Å². The van der Waals surface area contributed by atoms with Crippen LogP contribution in [0.15, 0.2) is 144 Å². The number of furan rings is 1. The molecule has 10 rings (SSSR count). The van der Waals surface area contributed by atoms with Gasteiger partial charge in [-0.25, -0.2) is 15.0 Å². The van der Waals surface area contributed by atoms with Crippen LogP contribution in [0, 0.1) is 0 Å². The highest BCUT2D eigenvalue weighted by Crippen LogP contribution is 2.38. The maximum atomic E-state index is 6.47. The van der Waals surface area contributed by atoms with E-state index < -0.39 is 0 Å². The number of aromatic nitrogens is 4. The second-order valence-corrected chi connectivity index (χ2v) is 13.6. The minimum Gasteiger partial charge on any atom is -0.456 e. The molecule has 0 unspecified atom stereocenters. The maximum Gasteiger partial charge on any atom is 0.164 e. The summed E-state index contributed by atoms with van der Waals surface area (Å²) in [5.74, 6) is 1.03. The lowest BCUT2D eigenvalue weighted by molar-refractivity contribution is 0.669. The molecule has 244 valence electrons. The summed E-state index contributed by atoms with van der Waals surface area (Å²) in [6.45, 7) is 0. The van der Waals surface area contributed by atoms with Crippen LogP contribution in [0.4, 0.5) is 0 Å². The zero-order valence-corrected chi connectivity index (χ0v) is 29.4. The van der Waals surface area contributed by atoms with Gasteiger partial charge in [0.15, 0.2) is 17.5 Å². The predicted molar refractivity (Wildman–Crippen MR) is 230 cm³/mol. The number of para-hydroxylation sites is 1. The Labute approximate surface area is 323 Å². The van der Waals surface area contributed by atoms with Crippen molar-refractivity contribution in [3.8, 4) is 51.0 Å². The molecule has 0 N–H and O–H groups in total. The molecule has 0 fully saturated rings. The van der Waals surface area contributed by atoms with E-state index in [-0.39, 0.29) is 33.1 Å². The molecule has 0 aliphatic heterocycles. The summed E-state index contributed by atoms with van der Waals surface area (Å²) in [5, 5.41) is 4.33. The van der Waals surface area contributed by atoms with Crippen molar-refractivity contribution in [3.63, 3.8) is 0 Å². The quantitative estimate of drug-likeness (QED) is 0.224. The van der Waals surface area contributed by atoms with Gasteiger partial charge in [0, 0.05) is 43.9 Å². The number of hydrogen-bond donors (Lipinski definition) is 0. The second-order valence-electron chi connectivity index (χ2n) is 13.6. The lowest BCUT2D eigenvalue weighted by atomic mass is 9.60. The van der Waals surface area contributed by atoms with Gasteiger partial charge in [-0.3, -0.25) is 0 Å². The third-order valence-corrected chi connectivity index (χ3v) is 10.3. The molecule has 7 aromatic carbocycles. The SMILES string of the molecule is [B]c1c([B])c([B])c(-c2nc(-c3ccccc3)nc(-c3ccc4c(c3)oc3ccc(-n5c6ccccc6c6cc(-c7ccccc7)ccc65)cc34)n2)c([B])c1[B]. The van der Waals surface area contributed by atoms with Gasteiger partial charge in [-0.15, -0.1) is 16.4 Å². The van der Waals surface area contributed by atoms with Gasteiger partial charge in [0.1, 0.15) is 50.4 Å². The molecule has 0 saturated heterocycles. The number of fused-ring (bicyclic) bond motifs is 6. The highest BCUT2D eigenvalue weighted by atomic mass is 16.3. The molecule has 10 heteroatoms. The molecule has 3 heterocycles. The summed E-state index contributed by atoms with van der Waals surface area (Å²) in [6.07, 6.45) is 0. The molecular formula is C45H23B5N4O. The van der Waals surface area contributed by atoms with Crippen molar-refractivity contribution in [2.24, 2.45) is 0 Å². The molecule has 0 spiro atoms. The van der Waals surface area contributed by atoms with E-state index in [9.17, 15) is 0 Å². The van der Waals surface area contributed by atoms with Gasteiger partial charge >= 0.3 is 0 Å². The summed E-state index contributed by atoms with van der Waals surface area (Å²) in [6, 6.07) is 47.5. The van der Waals surface area contributed by atoms with Crippen LogP contribution in [0.5, 0.6) is 0 Å². The molecule has 10 aromatic rings. The molecule has 0 aliphatic carbocycles. The normalized spacial score (nSPS) is 11.6. The molecule has 0 amide bonds. The van der Waals surface area contributed by atoms with E-state index in [1.165, 1.54) is 21.9 Å². The van der Waals surface area contributed by atoms with Crippen LogP contribution >= 0.6 is 0 Å². The van der Waals surface area contributed by atoms with Gasteiger partial charge in [0.25, 0.3) is 0 Å². The summed E-state index contributed by atoms with van der Waals surface area (Å²) < 4.78 is 8.79. The van der Waals surface area contributed by atoms with Gasteiger partial charge in [-0.2, -0.15) is 0 Å². The molecule has 0 aliphatic rings. The van der Waals surface area contributed by atoms with Gasteiger partial charge in [0.2, 0.25) is 0 Å². The largest absolute Gasteiger partial charge is 0.456 e. The first kappa shape index (κ1) is 33.1. The molecule has 0 bridgehead atoms. The van der Waals surface area contributed by atoms with Crippen molar-refractivity contribution < 1.29 is 4.42 Å². The Morgan fingerprint density at radius 3 is 1.73 bits per heavy atom. The third kappa shape index (κ3) is 5.35. The standard InChI is InChI=1S/C45H23B5N4O/c46-38-37(39(47)41(49)42(50)40(38)48)45-52-43(25-11-5-2-6-12-25)51-44(53-45)27-15-18-30-32-23-28(17-20-35(32)55-36(30)22-27)54-33-14-8-7-13-29(33)31-21-26(16-19-34(31)54)24-9-3-1-4-10-24/h1-23H. The number of hydrogen-bond acceptors (Lipinski definition) is 4. The average Bonchev–Trinajstić information content (AvgIpc) is 3.77. The van der Waals surface area contributed by atoms with Crippen molar-refractivity contribution in [1.29, 1.82) is 0 Å². The fourth-order valence-corrected chi connectivity index (χ4v) is 7.53. The van der Waals surface area contributed by atoms with Crippen molar-refractivity contribution >= 4 is 110 Å². The van der Waals surface area contributed by atoms with Gasteiger partial charge in [0.05, 0.1) is 11.0 Å². The van der Waals surface area contributed by atoms with Crippen LogP contribution in [0.2, 0.25) is 0 Å². The van der Waals surface area contributed by atoms with E-state index in [0.717, 1.165) is 38.6 Å². The summed E-state index contributed by atoms with van der Waals surface area (Å²) in [5.41, 5.74) is 9.51. The first-order chi connectivity index (χ1) is 26.8. The van der Waals surface area contributed by atoms with E-state index >= 15 is 0 Å². The maximum absolute atomic E-state index is 6.47. The van der Waals surface area contributed by atoms with Gasteiger partial charge in [-0.1, -0.05) is 102 Å². The monoisotopic (exact) mass is 690 g/mol. The number of nitrogens with zero attached hydrogens (tertiary/aromatic N) is 4. The lowest BCUT2D eigenvalue weighted by Gasteiger charge is -2.20. The van der Waals surface area contributed by atoms with E-state index in [1.54, 1.807) is 0 Å². The molecule has 0 atom stereocenters. The van der Waals surface area contributed by atoms with Gasteiger partial charge in [-0.05, 0) is 59.7 Å². The van der Waals surface area contributed by atoms with Crippen molar-refractivity contribution in [1.82, 2.24) is 19.5 Å². The Balaban J connectivity index is 1.12. The second kappa shape index (κ2) is 12.8. The zero-order chi connectivity index (χ0) is 37.4. The van der Waals surface area contributed by atoms with E-state index in [1.807, 2.05) is 60.7 Å². The minimum atomic E-state index is 0.116. The van der Waals surface area contributed by atoms with Crippen LogP contribution < -0.4 is 27.3 Å². The van der Waals surface area contributed by atoms with Crippen LogP contribution in [-0.4, -0.2) is 58.8 Å². The first-order valence-corrected chi connectivity index (χ1v) is 17.7. The van der Waals surface area contributed by atoms with E-state index in [0.29, 0.717) is 28.4 Å². The van der Waals surface area contributed by atoms with E-state index in [2.05, 4.69) is 83.4 Å². The van der Waals surface area contributed by atoms with E-state index in [4.69, 9.17) is 58.6 Å². The fourth-order valence-electron chi connectivity index (χ4n) is 7.53. The van der Waals surface area contributed by atoms with Crippen molar-refractivity contribution in [2.45, 2.75) is 0 Å². The van der Waals surface area contributed by atoms with Crippen LogP contribution in [0.25, 0.3) is 94.7 Å². The third-order valence-electron chi connectivity index (χ3n) is 10.3. The molecule has 0 saturated carbocycles. The smallest absolute Gasteiger partial charge is 0.164 e. The van der Waals surface area contributed by atoms with Crippen molar-refractivity contribution in [3.05, 3.63) is 140 Å². The van der Waals surface area contributed by atoms with Gasteiger partial charge < -0.3 is 8.98 Å². The number of rotatable bonds is 5. The van der Waals surface area contributed by atoms with Crippen LogP contribution in [-0.2, 0) is 0 Å². The molecule has 55 heavy (non-hydrogen) atoms. The van der Waals surface area contributed by atoms with Crippen molar-refractivity contribution in [2.75, 3.05) is 0 Å². The first-order valence-electron chi connectivity index (χ1n) is 17.7. The molecule has 10 radical (unpaired) electrons. The number of benzene rings is 7. The Morgan fingerprint density at radius 1 is 0.382 bits per heavy atom. The van der Waals surface area contributed by atoms with Crippen LogP contribution in [0.1, 0.15) is 0 Å². The predicted octanol–water partition coefficient (Wildman–Crippen LogP) is 5.51. The minimum absolute atomic E-state index is 0.116.